The summed E-state index contributed by atoms with van der Waals surface area (Å²) in [5, 5.41) is 9.73. The van der Waals surface area contributed by atoms with Gasteiger partial charge < -0.3 is 10.6 Å². The van der Waals surface area contributed by atoms with Gasteiger partial charge in [-0.25, -0.2) is 0 Å². The van der Waals surface area contributed by atoms with Gasteiger partial charge in [-0.1, -0.05) is 37.1 Å². The van der Waals surface area contributed by atoms with Gasteiger partial charge in [0.15, 0.2) is 0 Å². The van der Waals surface area contributed by atoms with Gasteiger partial charge in [-0.3, -0.25) is 0 Å². The zero-order valence-electron chi connectivity index (χ0n) is 13.5. The summed E-state index contributed by atoms with van der Waals surface area (Å²) in [5.74, 6) is 1.14. The summed E-state index contributed by atoms with van der Waals surface area (Å²) in [7, 11) is 0. The molecule has 0 spiro atoms. The van der Waals surface area contributed by atoms with E-state index < -0.39 is 0 Å². The van der Waals surface area contributed by atoms with Gasteiger partial charge in [0, 0.05) is 40.7 Å². The number of rotatable bonds is 8. The molecular formula is C19H26N2S2. The molecule has 1 aromatic carbocycles. The summed E-state index contributed by atoms with van der Waals surface area (Å²) in [6.45, 7) is 2.10. The summed E-state index contributed by atoms with van der Waals surface area (Å²) < 4.78 is 0. The van der Waals surface area contributed by atoms with E-state index >= 15 is 0 Å². The van der Waals surface area contributed by atoms with E-state index in [0.29, 0.717) is 12.1 Å². The fourth-order valence-electron chi connectivity index (χ4n) is 3.19. The number of nitrogens with one attached hydrogen (secondary N) is 2. The lowest BCUT2D eigenvalue weighted by atomic mass is 9.90. The highest BCUT2D eigenvalue weighted by Gasteiger charge is 2.23. The zero-order chi connectivity index (χ0) is 15.7. The molecule has 1 aliphatic rings. The van der Waals surface area contributed by atoms with Crippen molar-refractivity contribution in [3.05, 3.63) is 52.7 Å². The predicted molar refractivity (Wildman–Crippen MR) is 102 cm³/mol. The van der Waals surface area contributed by atoms with E-state index in [4.69, 9.17) is 0 Å². The summed E-state index contributed by atoms with van der Waals surface area (Å²) in [6, 6.07) is 16.3. The molecule has 1 fully saturated rings. The maximum Gasteiger partial charge on any atom is 0.0302 e. The number of benzene rings is 1. The second-order valence-electron chi connectivity index (χ2n) is 6.07. The third kappa shape index (κ3) is 5.64. The van der Waals surface area contributed by atoms with Crippen LogP contribution in [0.2, 0.25) is 0 Å². The van der Waals surface area contributed by atoms with Crippen LogP contribution in [-0.2, 0) is 6.54 Å². The summed E-state index contributed by atoms with van der Waals surface area (Å²) >= 11 is 3.79. The largest absolute Gasteiger partial charge is 0.312 e. The molecule has 0 bridgehead atoms. The van der Waals surface area contributed by atoms with E-state index in [1.165, 1.54) is 35.5 Å². The topological polar surface area (TPSA) is 24.1 Å². The lowest BCUT2D eigenvalue weighted by Gasteiger charge is -2.33. The van der Waals surface area contributed by atoms with Crippen molar-refractivity contribution in [2.75, 3.05) is 12.3 Å². The molecule has 1 saturated carbocycles. The molecule has 0 amide bonds. The Hall–Kier alpha value is -0.810. The van der Waals surface area contributed by atoms with Crippen molar-refractivity contribution in [1.82, 2.24) is 10.6 Å². The summed E-state index contributed by atoms with van der Waals surface area (Å²) in [5.41, 5.74) is 0. The van der Waals surface area contributed by atoms with Crippen molar-refractivity contribution in [1.29, 1.82) is 0 Å². The maximum atomic E-state index is 3.79. The molecule has 23 heavy (non-hydrogen) atoms. The average molecular weight is 347 g/mol. The van der Waals surface area contributed by atoms with Gasteiger partial charge in [-0.15, -0.1) is 23.1 Å². The highest BCUT2D eigenvalue weighted by Crippen LogP contribution is 2.20. The monoisotopic (exact) mass is 346 g/mol. The molecule has 0 saturated heterocycles. The van der Waals surface area contributed by atoms with Crippen LogP contribution in [0.4, 0.5) is 0 Å². The van der Waals surface area contributed by atoms with Crippen molar-refractivity contribution in [3.63, 3.8) is 0 Å². The molecule has 3 rings (SSSR count). The third-order valence-corrected chi connectivity index (χ3v) is 6.30. The van der Waals surface area contributed by atoms with Gasteiger partial charge in [-0.2, -0.15) is 0 Å². The van der Waals surface area contributed by atoms with E-state index in [1.54, 1.807) is 0 Å². The first-order chi connectivity index (χ1) is 11.4. The van der Waals surface area contributed by atoms with Crippen LogP contribution in [0.15, 0.2) is 52.7 Å². The SMILES string of the molecule is c1ccc(SCCNC2CCCCC2NCc2cccs2)cc1. The van der Waals surface area contributed by atoms with E-state index in [1.807, 2.05) is 23.1 Å². The Kier molecular flexibility index (Phi) is 7.02. The summed E-state index contributed by atoms with van der Waals surface area (Å²) in [4.78, 5) is 2.80. The van der Waals surface area contributed by atoms with Crippen molar-refractivity contribution in [2.24, 2.45) is 0 Å². The minimum Gasteiger partial charge on any atom is -0.312 e. The Morgan fingerprint density at radius 1 is 0.957 bits per heavy atom. The molecule has 1 aromatic heterocycles. The predicted octanol–water partition coefficient (Wildman–Crippen LogP) is 4.53. The highest BCUT2D eigenvalue weighted by molar-refractivity contribution is 7.99. The third-order valence-electron chi connectivity index (χ3n) is 4.41. The molecule has 1 heterocycles. The van der Waals surface area contributed by atoms with Gasteiger partial charge in [-0.05, 0) is 36.4 Å². The number of thioether (sulfide) groups is 1. The fraction of sp³-hybridized carbons (Fsp3) is 0.474. The number of thiophene rings is 1. The molecule has 2 atom stereocenters. The Balaban J connectivity index is 1.39. The average Bonchev–Trinajstić information content (AvgIpc) is 3.12. The van der Waals surface area contributed by atoms with E-state index in [9.17, 15) is 0 Å². The summed E-state index contributed by atoms with van der Waals surface area (Å²) in [6.07, 6.45) is 5.33. The van der Waals surface area contributed by atoms with Crippen LogP contribution >= 0.6 is 23.1 Å². The lowest BCUT2D eigenvalue weighted by Crippen LogP contribution is -2.50. The molecule has 2 nitrogen and oxygen atoms in total. The normalized spacial score (nSPS) is 21.4. The Labute approximate surface area is 148 Å². The number of hydrogen-bond acceptors (Lipinski definition) is 4. The van der Waals surface area contributed by atoms with Gasteiger partial charge in [0.25, 0.3) is 0 Å². The first-order valence-electron chi connectivity index (χ1n) is 8.59. The second-order valence-corrected chi connectivity index (χ2v) is 8.27. The quantitative estimate of drug-likeness (QED) is 0.542. The Morgan fingerprint density at radius 3 is 2.48 bits per heavy atom. The van der Waals surface area contributed by atoms with Crippen molar-refractivity contribution >= 4 is 23.1 Å². The molecule has 124 valence electrons. The van der Waals surface area contributed by atoms with E-state index in [2.05, 4.69) is 58.5 Å². The van der Waals surface area contributed by atoms with Crippen LogP contribution in [0, 0.1) is 0 Å². The maximum absolute atomic E-state index is 3.79. The van der Waals surface area contributed by atoms with Crippen molar-refractivity contribution in [2.45, 2.75) is 49.2 Å². The zero-order valence-corrected chi connectivity index (χ0v) is 15.2. The van der Waals surface area contributed by atoms with Crippen LogP contribution in [0.25, 0.3) is 0 Å². The van der Waals surface area contributed by atoms with Gasteiger partial charge >= 0.3 is 0 Å². The second kappa shape index (κ2) is 9.48. The molecule has 2 unspecified atom stereocenters. The molecule has 1 aliphatic carbocycles. The molecular weight excluding hydrogens is 320 g/mol. The standard InChI is InChI=1S/C19H26N2S2/c1-2-7-16(8-3-1)23-14-12-20-18-10-4-5-11-19(18)21-15-17-9-6-13-22-17/h1-3,6-9,13,18-21H,4-5,10-12,14-15H2. The minimum atomic E-state index is 0.618. The highest BCUT2D eigenvalue weighted by atomic mass is 32.2. The lowest BCUT2D eigenvalue weighted by molar-refractivity contribution is 0.287. The van der Waals surface area contributed by atoms with Gasteiger partial charge in [0.05, 0.1) is 0 Å². The molecule has 0 radical (unpaired) electrons. The van der Waals surface area contributed by atoms with Gasteiger partial charge in [0.1, 0.15) is 0 Å². The van der Waals surface area contributed by atoms with Crippen molar-refractivity contribution in [3.8, 4) is 0 Å². The first kappa shape index (κ1) is 17.0. The minimum absolute atomic E-state index is 0.618. The van der Waals surface area contributed by atoms with E-state index in [-0.39, 0.29) is 0 Å². The van der Waals surface area contributed by atoms with Crippen molar-refractivity contribution < 1.29 is 0 Å². The fourth-order valence-corrected chi connectivity index (χ4v) is 4.66. The van der Waals surface area contributed by atoms with Crippen LogP contribution < -0.4 is 10.6 Å². The molecule has 2 N–H and O–H groups in total. The molecule has 0 aliphatic heterocycles. The van der Waals surface area contributed by atoms with Crippen LogP contribution in [0.1, 0.15) is 30.6 Å². The Morgan fingerprint density at radius 2 is 1.74 bits per heavy atom. The van der Waals surface area contributed by atoms with E-state index in [0.717, 1.165) is 18.8 Å². The molecule has 4 heteroatoms. The Bertz CT molecular complexity index is 542. The first-order valence-corrected chi connectivity index (χ1v) is 10.5. The van der Waals surface area contributed by atoms with Gasteiger partial charge in [0.2, 0.25) is 0 Å². The smallest absolute Gasteiger partial charge is 0.0302 e. The van der Waals surface area contributed by atoms with Crippen LogP contribution in [0.5, 0.6) is 0 Å². The number of hydrogen-bond donors (Lipinski definition) is 2. The van der Waals surface area contributed by atoms with Crippen LogP contribution in [0.3, 0.4) is 0 Å². The van der Waals surface area contributed by atoms with Crippen LogP contribution in [-0.4, -0.2) is 24.4 Å². The molecule has 2 aromatic rings.